The number of likely N-dealkylation sites (tertiary alicyclic amines) is 1. The van der Waals surface area contributed by atoms with E-state index in [1.165, 1.54) is 16.5 Å². The Hall–Kier alpha value is -3.44. The fraction of sp³-hybridized carbons (Fsp3) is 0.548. The number of carbonyl (C=O) groups excluding carboxylic acids is 2. The minimum Gasteiger partial charge on any atom is -0.480 e. The topological polar surface area (TPSA) is 128 Å². The zero-order chi connectivity index (χ0) is 31.4. The summed E-state index contributed by atoms with van der Waals surface area (Å²) >= 11 is 0. The van der Waals surface area contributed by atoms with Crippen molar-refractivity contribution in [1.82, 2.24) is 24.6 Å². The molecule has 42 heavy (non-hydrogen) atoms. The van der Waals surface area contributed by atoms with E-state index in [0.717, 1.165) is 16.7 Å². The highest BCUT2D eigenvalue weighted by Crippen LogP contribution is 2.44. The standard InChI is InChI=1S/C31H43N5O5Si/c1-18-11-22(23-14-32-21(4)33-15-23)12-24-27(19(2)37)34-35(28(18)24)16-26(38)36-20(3)31(8,13-25(36)29(39)40)17-41-42(9,10)30(5,6)7/h11-12,14-15,20,25H,13,16-17H2,1-10H3,(H,39,40)/t20-,25+,31-/m1/s1. The lowest BCUT2D eigenvalue weighted by Gasteiger charge is -2.40. The summed E-state index contributed by atoms with van der Waals surface area (Å²) in [7, 11) is -2.09. The second kappa shape index (κ2) is 11.0. The molecular formula is C31H43N5O5Si. The summed E-state index contributed by atoms with van der Waals surface area (Å²) in [4.78, 5) is 49.0. The minimum absolute atomic E-state index is 0.00663. The van der Waals surface area contributed by atoms with Crippen LogP contribution in [0.15, 0.2) is 24.5 Å². The molecule has 226 valence electrons. The summed E-state index contributed by atoms with van der Waals surface area (Å²) in [6.07, 6.45) is 3.76. The molecule has 3 aromatic rings. The summed E-state index contributed by atoms with van der Waals surface area (Å²) in [5.74, 6) is -0.968. The first-order chi connectivity index (χ1) is 19.4. The fourth-order valence-electron chi connectivity index (χ4n) is 5.47. The van der Waals surface area contributed by atoms with Crippen LogP contribution < -0.4 is 0 Å². The Morgan fingerprint density at radius 3 is 2.29 bits per heavy atom. The molecule has 0 aliphatic carbocycles. The van der Waals surface area contributed by atoms with Crippen LogP contribution in [0.4, 0.5) is 0 Å². The van der Waals surface area contributed by atoms with Crippen molar-refractivity contribution in [2.75, 3.05) is 6.61 Å². The predicted molar refractivity (Wildman–Crippen MR) is 164 cm³/mol. The van der Waals surface area contributed by atoms with Crippen molar-refractivity contribution in [3.05, 3.63) is 41.6 Å². The molecule has 3 heterocycles. The molecule has 11 heteroatoms. The zero-order valence-corrected chi connectivity index (χ0v) is 27.4. The Morgan fingerprint density at radius 1 is 1.12 bits per heavy atom. The lowest BCUT2D eigenvalue weighted by atomic mass is 9.83. The second-order valence-electron chi connectivity index (χ2n) is 13.5. The quantitative estimate of drug-likeness (QED) is 0.271. The van der Waals surface area contributed by atoms with E-state index in [1.807, 2.05) is 39.8 Å². The number of nitrogens with zero attached hydrogens (tertiary/aromatic N) is 5. The van der Waals surface area contributed by atoms with Crippen molar-refractivity contribution in [3.8, 4) is 11.1 Å². The van der Waals surface area contributed by atoms with E-state index in [0.29, 0.717) is 29.8 Å². The molecule has 10 nitrogen and oxygen atoms in total. The normalized spacial score (nSPS) is 21.2. The van der Waals surface area contributed by atoms with Crippen molar-refractivity contribution in [2.45, 2.75) is 98.6 Å². The van der Waals surface area contributed by atoms with Gasteiger partial charge in [-0.3, -0.25) is 14.3 Å². The molecule has 0 saturated carbocycles. The Kier molecular flexibility index (Phi) is 8.25. The maximum Gasteiger partial charge on any atom is 0.326 e. The number of benzene rings is 1. The number of carboxylic acid groups (broad SMARTS) is 1. The summed E-state index contributed by atoms with van der Waals surface area (Å²) in [6, 6.07) is 2.47. The van der Waals surface area contributed by atoms with E-state index in [4.69, 9.17) is 4.43 Å². The molecule has 1 saturated heterocycles. The molecule has 0 unspecified atom stereocenters. The van der Waals surface area contributed by atoms with E-state index < -0.39 is 25.7 Å². The average molecular weight is 594 g/mol. The first kappa shape index (κ1) is 31.5. The van der Waals surface area contributed by atoms with Crippen LogP contribution in [0.5, 0.6) is 0 Å². The summed E-state index contributed by atoms with van der Waals surface area (Å²) in [5, 5.41) is 15.3. The number of ketones is 1. The van der Waals surface area contributed by atoms with E-state index in [9.17, 15) is 19.5 Å². The van der Waals surface area contributed by atoms with Gasteiger partial charge in [0.25, 0.3) is 0 Å². The molecule has 0 spiro atoms. The van der Waals surface area contributed by atoms with Crippen LogP contribution in [0.25, 0.3) is 22.0 Å². The van der Waals surface area contributed by atoms with Gasteiger partial charge in [-0.25, -0.2) is 14.8 Å². The van der Waals surface area contributed by atoms with Gasteiger partial charge in [0.15, 0.2) is 14.1 Å². The third-order valence-electron chi connectivity index (χ3n) is 9.33. The van der Waals surface area contributed by atoms with Crippen molar-refractivity contribution in [1.29, 1.82) is 0 Å². The number of fused-ring (bicyclic) bond motifs is 1. The molecule has 1 fully saturated rings. The molecular weight excluding hydrogens is 550 g/mol. The van der Waals surface area contributed by atoms with Gasteiger partial charge in [0.1, 0.15) is 24.1 Å². The number of hydrogen-bond donors (Lipinski definition) is 1. The summed E-state index contributed by atoms with van der Waals surface area (Å²) in [6.45, 7) is 20.1. The number of aliphatic carboxylic acids is 1. The third kappa shape index (κ3) is 5.76. The van der Waals surface area contributed by atoms with Gasteiger partial charge in [-0.2, -0.15) is 5.10 Å². The van der Waals surface area contributed by atoms with Crippen LogP contribution in [-0.2, 0) is 20.6 Å². The van der Waals surface area contributed by atoms with Crippen molar-refractivity contribution < 1.29 is 23.9 Å². The molecule has 0 radical (unpaired) electrons. The number of carboxylic acids is 1. The smallest absolute Gasteiger partial charge is 0.326 e. The van der Waals surface area contributed by atoms with E-state index in [2.05, 4.69) is 48.9 Å². The lowest BCUT2D eigenvalue weighted by molar-refractivity contribution is -0.149. The largest absolute Gasteiger partial charge is 0.480 e. The molecule has 1 aliphatic heterocycles. The average Bonchev–Trinajstić information content (AvgIpc) is 3.38. The molecule has 4 rings (SSSR count). The lowest BCUT2D eigenvalue weighted by Crippen LogP contribution is -2.49. The van der Waals surface area contributed by atoms with E-state index in [1.54, 1.807) is 12.4 Å². The third-order valence-corrected chi connectivity index (χ3v) is 13.8. The number of aryl methyl sites for hydroxylation is 2. The van der Waals surface area contributed by atoms with Crippen LogP contribution in [0.2, 0.25) is 18.1 Å². The fourth-order valence-corrected chi connectivity index (χ4v) is 6.60. The van der Waals surface area contributed by atoms with E-state index >= 15 is 0 Å². The number of aromatic nitrogens is 4. The van der Waals surface area contributed by atoms with Gasteiger partial charge in [0, 0.05) is 48.3 Å². The SMILES string of the molecule is CC(=O)c1nn(CC(=O)N2[C@H](C(=O)O)C[C@](C)(CO[Si](C)(C)C(C)(C)C)[C@H]2C)c2c(C)cc(-c3cnc(C)nc3)cc12. The first-order valence-corrected chi connectivity index (χ1v) is 17.3. The van der Waals surface area contributed by atoms with Crippen LogP contribution in [0.1, 0.15) is 69.8 Å². The molecule has 1 amide bonds. The van der Waals surface area contributed by atoms with Gasteiger partial charge in [0.2, 0.25) is 5.91 Å². The molecule has 1 N–H and O–H groups in total. The molecule has 2 aromatic heterocycles. The Balaban J connectivity index is 1.68. The maximum atomic E-state index is 13.9. The number of Topliss-reactive ketones (excluding diaryl/α,β-unsaturated/α-hetero) is 1. The molecule has 1 aromatic carbocycles. The highest BCUT2D eigenvalue weighted by Gasteiger charge is 2.53. The maximum absolute atomic E-state index is 13.9. The molecule has 1 aliphatic rings. The number of hydrogen-bond acceptors (Lipinski definition) is 7. The summed E-state index contributed by atoms with van der Waals surface area (Å²) < 4.78 is 8.06. The van der Waals surface area contributed by atoms with Crippen molar-refractivity contribution >= 4 is 36.9 Å². The summed E-state index contributed by atoms with van der Waals surface area (Å²) in [5.41, 5.74) is 2.85. The van der Waals surface area contributed by atoms with Crippen LogP contribution in [0, 0.1) is 19.3 Å². The van der Waals surface area contributed by atoms with Crippen LogP contribution in [0.3, 0.4) is 0 Å². The molecule has 0 bridgehead atoms. The van der Waals surface area contributed by atoms with Gasteiger partial charge in [-0.1, -0.05) is 27.7 Å². The number of carbonyl (C=O) groups is 3. The molecule has 3 atom stereocenters. The zero-order valence-electron chi connectivity index (χ0n) is 26.4. The van der Waals surface area contributed by atoms with Crippen molar-refractivity contribution in [2.24, 2.45) is 5.41 Å². The number of amides is 1. The minimum atomic E-state index is -2.09. The second-order valence-corrected chi connectivity index (χ2v) is 18.3. The van der Waals surface area contributed by atoms with Gasteiger partial charge in [-0.15, -0.1) is 0 Å². The van der Waals surface area contributed by atoms with Gasteiger partial charge in [0.05, 0.1) is 5.52 Å². The monoisotopic (exact) mass is 593 g/mol. The van der Waals surface area contributed by atoms with Gasteiger partial charge < -0.3 is 14.4 Å². The Bertz CT molecular complexity index is 1540. The van der Waals surface area contributed by atoms with E-state index in [-0.39, 0.29) is 35.0 Å². The van der Waals surface area contributed by atoms with Crippen molar-refractivity contribution in [3.63, 3.8) is 0 Å². The van der Waals surface area contributed by atoms with Gasteiger partial charge >= 0.3 is 5.97 Å². The number of rotatable bonds is 8. The Morgan fingerprint density at radius 2 is 1.74 bits per heavy atom. The highest BCUT2D eigenvalue weighted by atomic mass is 28.4. The van der Waals surface area contributed by atoms with Crippen LogP contribution >= 0.6 is 0 Å². The van der Waals surface area contributed by atoms with Crippen LogP contribution in [-0.4, -0.2) is 74.4 Å². The first-order valence-electron chi connectivity index (χ1n) is 14.4. The highest BCUT2D eigenvalue weighted by molar-refractivity contribution is 6.74. The predicted octanol–water partition coefficient (Wildman–Crippen LogP) is 5.41. The van der Waals surface area contributed by atoms with Gasteiger partial charge in [-0.05, 0) is 68.6 Å². The Labute approximate surface area is 248 Å².